The van der Waals surface area contributed by atoms with Gasteiger partial charge in [0.1, 0.15) is 5.76 Å². The smallest absolute Gasteiger partial charge is 0.224 e. The second kappa shape index (κ2) is 7.06. The van der Waals surface area contributed by atoms with E-state index in [-0.39, 0.29) is 12.5 Å². The molecule has 0 aliphatic carbocycles. The van der Waals surface area contributed by atoms with Crippen LogP contribution in [0.15, 0.2) is 4.52 Å². The van der Waals surface area contributed by atoms with Crippen LogP contribution >= 0.6 is 0 Å². The standard InChI is InChI=1S/C12H20N2O3/c1-9-11(10(2)17-14-9)8-12(16)13-6-4-3-5-7-15/h15H,3-8H2,1-2H3,(H,13,16). The number of unbranched alkanes of at least 4 members (excludes halogenated alkanes) is 2. The monoisotopic (exact) mass is 240 g/mol. The summed E-state index contributed by atoms with van der Waals surface area (Å²) in [5.41, 5.74) is 1.65. The van der Waals surface area contributed by atoms with Crippen LogP contribution in [0.2, 0.25) is 0 Å². The summed E-state index contributed by atoms with van der Waals surface area (Å²) in [6, 6.07) is 0. The molecule has 1 aromatic heterocycles. The van der Waals surface area contributed by atoms with Gasteiger partial charge in [-0.3, -0.25) is 4.79 Å². The lowest BCUT2D eigenvalue weighted by molar-refractivity contribution is -0.120. The number of aromatic nitrogens is 1. The molecule has 0 bridgehead atoms. The van der Waals surface area contributed by atoms with Crippen molar-refractivity contribution in [3.05, 3.63) is 17.0 Å². The van der Waals surface area contributed by atoms with Crippen molar-refractivity contribution in [1.29, 1.82) is 0 Å². The van der Waals surface area contributed by atoms with Crippen molar-refractivity contribution in [3.8, 4) is 0 Å². The number of rotatable bonds is 7. The van der Waals surface area contributed by atoms with Gasteiger partial charge in [0.05, 0.1) is 12.1 Å². The predicted molar refractivity (Wildman–Crippen MR) is 63.6 cm³/mol. The molecule has 0 unspecified atom stereocenters. The molecule has 0 aliphatic rings. The molecular formula is C12H20N2O3. The van der Waals surface area contributed by atoms with Gasteiger partial charge in [-0.15, -0.1) is 0 Å². The van der Waals surface area contributed by atoms with E-state index < -0.39 is 0 Å². The first-order valence-electron chi connectivity index (χ1n) is 5.94. The fourth-order valence-electron chi connectivity index (χ4n) is 1.62. The van der Waals surface area contributed by atoms with Crippen LogP contribution in [-0.4, -0.2) is 29.3 Å². The molecule has 0 atom stereocenters. The number of aliphatic hydroxyl groups is 1. The van der Waals surface area contributed by atoms with E-state index in [1.165, 1.54) is 0 Å². The second-order valence-corrected chi connectivity index (χ2v) is 4.11. The summed E-state index contributed by atoms with van der Waals surface area (Å²) in [5.74, 6) is 0.696. The van der Waals surface area contributed by atoms with Crippen molar-refractivity contribution in [3.63, 3.8) is 0 Å². The van der Waals surface area contributed by atoms with Gasteiger partial charge in [0, 0.05) is 18.7 Å². The Morgan fingerprint density at radius 2 is 2.12 bits per heavy atom. The summed E-state index contributed by atoms with van der Waals surface area (Å²) in [6.45, 7) is 4.51. The molecule has 0 saturated heterocycles. The third-order valence-electron chi connectivity index (χ3n) is 2.68. The molecule has 96 valence electrons. The van der Waals surface area contributed by atoms with Crippen LogP contribution in [0, 0.1) is 13.8 Å². The van der Waals surface area contributed by atoms with E-state index >= 15 is 0 Å². The zero-order valence-electron chi connectivity index (χ0n) is 10.5. The van der Waals surface area contributed by atoms with Crippen LogP contribution in [0.1, 0.15) is 36.3 Å². The number of carbonyl (C=O) groups is 1. The van der Waals surface area contributed by atoms with Gasteiger partial charge in [0.15, 0.2) is 0 Å². The first-order chi connectivity index (χ1) is 8.15. The van der Waals surface area contributed by atoms with Gasteiger partial charge in [-0.2, -0.15) is 0 Å². The van der Waals surface area contributed by atoms with E-state index in [0.29, 0.717) is 18.7 Å². The highest BCUT2D eigenvalue weighted by atomic mass is 16.5. The van der Waals surface area contributed by atoms with Crippen molar-refractivity contribution in [1.82, 2.24) is 10.5 Å². The molecule has 0 saturated carbocycles. The van der Waals surface area contributed by atoms with Gasteiger partial charge < -0.3 is 14.9 Å². The van der Waals surface area contributed by atoms with Crippen LogP contribution in [0.4, 0.5) is 0 Å². The summed E-state index contributed by atoms with van der Waals surface area (Å²) in [5, 5.41) is 15.3. The molecule has 1 heterocycles. The Morgan fingerprint density at radius 1 is 1.35 bits per heavy atom. The number of nitrogens with one attached hydrogen (secondary N) is 1. The third-order valence-corrected chi connectivity index (χ3v) is 2.68. The van der Waals surface area contributed by atoms with Gasteiger partial charge in [-0.05, 0) is 33.1 Å². The Bertz CT molecular complexity index is 341. The Morgan fingerprint density at radius 3 is 2.71 bits per heavy atom. The molecule has 0 spiro atoms. The number of carbonyl (C=O) groups excluding carboxylic acids is 1. The Kier molecular flexibility index (Phi) is 5.69. The number of hydrogen-bond acceptors (Lipinski definition) is 4. The zero-order chi connectivity index (χ0) is 12.7. The molecule has 0 aliphatic heterocycles. The average Bonchev–Trinajstić information content (AvgIpc) is 2.60. The first-order valence-corrected chi connectivity index (χ1v) is 5.94. The SMILES string of the molecule is Cc1noc(C)c1CC(=O)NCCCCCO. The maximum absolute atomic E-state index is 11.6. The van der Waals surface area contributed by atoms with Crippen molar-refractivity contribution in [2.24, 2.45) is 0 Å². The fraction of sp³-hybridized carbons (Fsp3) is 0.667. The molecule has 2 N–H and O–H groups in total. The fourth-order valence-corrected chi connectivity index (χ4v) is 1.62. The van der Waals surface area contributed by atoms with Crippen LogP contribution < -0.4 is 5.32 Å². The Hall–Kier alpha value is -1.36. The van der Waals surface area contributed by atoms with Crippen molar-refractivity contribution >= 4 is 5.91 Å². The quantitative estimate of drug-likeness (QED) is 0.700. The lowest BCUT2D eigenvalue weighted by Gasteiger charge is -2.04. The molecular weight excluding hydrogens is 220 g/mol. The topological polar surface area (TPSA) is 75.4 Å². The summed E-state index contributed by atoms with van der Waals surface area (Å²) >= 11 is 0. The van der Waals surface area contributed by atoms with Gasteiger partial charge >= 0.3 is 0 Å². The molecule has 0 aromatic carbocycles. The molecule has 1 amide bonds. The number of nitrogens with zero attached hydrogens (tertiary/aromatic N) is 1. The molecule has 0 fully saturated rings. The van der Waals surface area contributed by atoms with E-state index in [1.54, 1.807) is 0 Å². The lowest BCUT2D eigenvalue weighted by atomic mass is 10.1. The molecule has 17 heavy (non-hydrogen) atoms. The van der Waals surface area contributed by atoms with Crippen molar-refractivity contribution in [2.75, 3.05) is 13.2 Å². The molecule has 0 radical (unpaired) electrons. The summed E-state index contributed by atoms with van der Waals surface area (Å²) in [6.07, 6.45) is 2.94. The largest absolute Gasteiger partial charge is 0.396 e. The van der Waals surface area contributed by atoms with Gasteiger partial charge in [-0.1, -0.05) is 5.16 Å². The van der Waals surface area contributed by atoms with E-state index in [4.69, 9.17) is 9.63 Å². The number of hydrogen-bond donors (Lipinski definition) is 2. The van der Waals surface area contributed by atoms with E-state index in [2.05, 4.69) is 10.5 Å². The number of amides is 1. The molecule has 1 aromatic rings. The lowest BCUT2D eigenvalue weighted by Crippen LogP contribution is -2.26. The Labute approximate surface area is 101 Å². The van der Waals surface area contributed by atoms with Crippen molar-refractivity contribution < 1.29 is 14.4 Å². The molecule has 5 heteroatoms. The summed E-state index contributed by atoms with van der Waals surface area (Å²) in [7, 11) is 0. The second-order valence-electron chi connectivity index (χ2n) is 4.11. The maximum atomic E-state index is 11.6. The van der Waals surface area contributed by atoms with E-state index in [9.17, 15) is 4.79 Å². The minimum absolute atomic E-state index is 0.0107. The average molecular weight is 240 g/mol. The van der Waals surface area contributed by atoms with Gasteiger partial charge in [-0.25, -0.2) is 0 Å². The van der Waals surface area contributed by atoms with Crippen LogP contribution in [0.25, 0.3) is 0 Å². The maximum Gasteiger partial charge on any atom is 0.224 e. The van der Waals surface area contributed by atoms with Crippen LogP contribution in [-0.2, 0) is 11.2 Å². The molecule has 1 rings (SSSR count). The molecule has 5 nitrogen and oxygen atoms in total. The highest BCUT2D eigenvalue weighted by Crippen LogP contribution is 2.12. The predicted octanol–water partition coefficient (Wildman–Crippen LogP) is 1.11. The van der Waals surface area contributed by atoms with E-state index in [0.717, 1.165) is 30.5 Å². The van der Waals surface area contributed by atoms with Gasteiger partial charge in [0.2, 0.25) is 5.91 Å². The van der Waals surface area contributed by atoms with Crippen molar-refractivity contribution in [2.45, 2.75) is 39.5 Å². The minimum Gasteiger partial charge on any atom is -0.396 e. The van der Waals surface area contributed by atoms with E-state index in [1.807, 2.05) is 13.8 Å². The summed E-state index contributed by atoms with van der Waals surface area (Å²) < 4.78 is 5.00. The van der Waals surface area contributed by atoms with Crippen LogP contribution in [0.3, 0.4) is 0 Å². The number of aliphatic hydroxyl groups excluding tert-OH is 1. The zero-order valence-corrected chi connectivity index (χ0v) is 10.5. The summed E-state index contributed by atoms with van der Waals surface area (Å²) in [4.78, 5) is 11.6. The minimum atomic E-state index is -0.0107. The number of aryl methyl sites for hydroxylation is 2. The third kappa shape index (κ3) is 4.56. The highest BCUT2D eigenvalue weighted by Gasteiger charge is 2.12. The van der Waals surface area contributed by atoms with Crippen LogP contribution in [0.5, 0.6) is 0 Å². The van der Waals surface area contributed by atoms with Gasteiger partial charge in [0.25, 0.3) is 0 Å². The highest BCUT2D eigenvalue weighted by molar-refractivity contribution is 5.78. The normalized spacial score (nSPS) is 10.5. The first kappa shape index (κ1) is 13.7. The Balaban J connectivity index is 2.26.